The van der Waals surface area contributed by atoms with Crippen molar-refractivity contribution in [3.05, 3.63) is 53.9 Å². The number of benzene rings is 1. The summed E-state index contributed by atoms with van der Waals surface area (Å²) in [6.07, 6.45) is 3.50. The molecule has 2 aromatic rings. The molecule has 1 aliphatic rings. The number of carbonyl (C=O) groups is 1. The molecule has 7 heteroatoms. The van der Waals surface area contributed by atoms with Crippen LogP contribution in [0.3, 0.4) is 0 Å². The van der Waals surface area contributed by atoms with Crippen molar-refractivity contribution in [2.75, 3.05) is 23.7 Å². The van der Waals surface area contributed by atoms with E-state index in [0.29, 0.717) is 30.8 Å². The van der Waals surface area contributed by atoms with Crippen LogP contribution in [-0.2, 0) is 0 Å². The van der Waals surface area contributed by atoms with Crippen LogP contribution in [0, 0.1) is 11.6 Å². The largest absolute Gasteiger partial charge is 0.398 e. The number of nitrogens with zero attached hydrogens (tertiary/aromatic N) is 2. The van der Waals surface area contributed by atoms with Crippen molar-refractivity contribution in [1.82, 2.24) is 10.3 Å². The first-order valence-corrected chi connectivity index (χ1v) is 7.25. The van der Waals surface area contributed by atoms with Crippen molar-refractivity contribution in [2.24, 2.45) is 0 Å². The van der Waals surface area contributed by atoms with E-state index < -0.39 is 11.6 Å². The zero-order chi connectivity index (χ0) is 16.4. The molecule has 0 saturated carbocycles. The summed E-state index contributed by atoms with van der Waals surface area (Å²) in [5.74, 6) is -1.54. The van der Waals surface area contributed by atoms with Gasteiger partial charge in [0.1, 0.15) is 17.3 Å². The average Bonchev–Trinajstić information content (AvgIpc) is 2.95. The number of para-hydroxylation sites is 1. The van der Waals surface area contributed by atoms with E-state index in [-0.39, 0.29) is 17.6 Å². The lowest BCUT2D eigenvalue weighted by Crippen LogP contribution is -2.37. The Kier molecular flexibility index (Phi) is 4.10. The van der Waals surface area contributed by atoms with Gasteiger partial charge in [0, 0.05) is 37.2 Å². The van der Waals surface area contributed by atoms with Gasteiger partial charge >= 0.3 is 0 Å². The Hall–Kier alpha value is -2.70. The number of nitrogens with two attached hydrogens (primary N) is 1. The molecule has 1 unspecified atom stereocenters. The number of halogens is 2. The van der Waals surface area contributed by atoms with Gasteiger partial charge in [-0.1, -0.05) is 6.07 Å². The summed E-state index contributed by atoms with van der Waals surface area (Å²) in [5.41, 5.74) is 6.33. The minimum atomic E-state index is -0.603. The van der Waals surface area contributed by atoms with E-state index in [1.54, 1.807) is 11.0 Å². The van der Waals surface area contributed by atoms with Crippen molar-refractivity contribution in [1.29, 1.82) is 0 Å². The highest BCUT2D eigenvalue weighted by Crippen LogP contribution is 2.26. The molecule has 1 aromatic carbocycles. The number of hydrogen-bond donors (Lipinski definition) is 2. The fourth-order valence-electron chi connectivity index (χ4n) is 2.73. The van der Waals surface area contributed by atoms with E-state index in [1.807, 2.05) is 0 Å². The zero-order valence-corrected chi connectivity index (χ0v) is 12.3. The fraction of sp³-hybridized carbons (Fsp3) is 0.250. The normalized spacial score (nSPS) is 17.3. The number of amides is 1. The Morgan fingerprint density at radius 1 is 1.30 bits per heavy atom. The molecule has 0 spiro atoms. The van der Waals surface area contributed by atoms with Gasteiger partial charge in [0.25, 0.3) is 5.91 Å². The quantitative estimate of drug-likeness (QED) is 0.907. The number of rotatable bonds is 3. The van der Waals surface area contributed by atoms with E-state index in [2.05, 4.69) is 10.3 Å². The van der Waals surface area contributed by atoms with Crippen molar-refractivity contribution >= 4 is 17.3 Å². The minimum Gasteiger partial charge on any atom is -0.398 e. The first-order chi connectivity index (χ1) is 11.1. The SMILES string of the molecule is Nc1ccncc1C(=O)NC1CCN(c2c(F)cccc2F)C1. The Labute approximate surface area is 132 Å². The van der Waals surface area contributed by atoms with Crippen LogP contribution in [0.2, 0.25) is 0 Å². The van der Waals surface area contributed by atoms with Crippen LogP contribution < -0.4 is 16.0 Å². The second-order valence-electron chi connectivity index (χ2n) is 5.44. The third-order valence-corrected chi connectivity index (χ3v) is 3.88. The van der Waals surface area contributed by atoms with Crippen LogP contribution in [0.1, 0.15) is 16.8 Å². The van der Waals surface area contributed by atoms with E-state index in [0.717, 1.165) is 0 Å². The molecule has 1 aromatic heterocycles. The lowest BCUT2D eigenvalue weighted by molar-refractivity contribution is 0.0941. The summed E-state index contributed by atoms with van der Waals surface area (Å²) in [7, 11) is 0. The molecule has 0 radical (unpaired) electrons. The summed E-state index contributed by atoms with van der Waals surface area (Å²) in [5, 5.41) is 2.83. The lowest BCUT2D eigenvalue weighted by Gasteiger charge is -2.20. The molecule has 1 saturated heterocycles. The van der Waals surface area contributed by atoms with Crippen LogP contribution in [0.5, 0.6) is 0 Å². The Morgan fingerprint density at radius 2 is 2.04 bits per heavy atom. The van der Waals surface area contributed by atoms with Gasteiger partial charge in [0.2, 0.25) is 0 Å². The zero-order valence-electron chi connectivity index (χ0n) is 12.3. The predicted molar refractivity (Wildman–Crippen MR) is 83.1 cm³/mol. The molecule has 2 heterocycles. The second-order valence-corrected chi connectivity index (χ2v) is 5.44. The Bertz CT molecular complexity index is 718. The summed E-state index contributed by atoms with van der Waals surface area (Å²) < 4.78 is 27.6. The number of nitrogen functional groups attached to an aromatic ring is 1. The molecule has 1 aliphatic heterocycles. The first-order valence-electron chi connectivity index (χ1n) is 7.25. The number of carbonyl (C=O) groups excluding carboxylic acids is 1. The summed E-state index contributed by atoms with van der Waals surface area (Å²) in [6, 6.07) is 5.11. The third-order valence-electron chi connectivity index (χ3n) is 3.88. The van der Waals surface area contributed by atoms with Gasteiger partial charge in [-0.2, -0.15) is 0 Å². The summed E-state index contributed by atoms with van der Waals surface area (Å²) in [4.78, 5) is 17.7. The smallest absolute Gasteiger partial charge is 0.255 e. The highest BCUT2D eigenvalue weighted by atomic mass is 19.1. The highest BCUT2D eigenvalue weighted by molar-refractivity contribution is 5.98. The summed E-state index contributed by atoms with van der Waals surface area (Å²) >= 11 is 0. The maximum absolute atomic E-state index is 13.8. The molecule has 3 N–H and O–H groups in total. The molecule has 23 heavy (non-hydrogen) atoms. The second kappa shape index (κ2) is 6.20. The number of aromatic nitrogens is 1. The van der Waals surface area contributed by atoms with Crippen molar-refractivity contribution in [2.45, 2.75) is 12.5 Å². The van der Waals surface area contributed by atoms with Crippen LogP contribution in [-0.4, -0.2) is 30.0 Å². The number of anilines is 2. The predicted octanol–water partition coefficient (Wildman–Crippen LogP) is 1.95. The van der Waals surface area contributed by atoms with Crippen LogP contribution in [0.4, 0.5) is 20.2 Å². The van der Waals surface area contributed by atoms with Gasteiger partial charge in [-0.15, -0.1) is 0 Å². The van der Waals surface area contributed by atoms with Gasteiger partial charge in [0.15, 0.2) is 0 Å². The van der Waals surface area contributed by atoms with Crippen molar-refractivity contribution in [3.8, 4) is 0 Å². The van der Waals surface area contributed by atoms with Gasteiger partial charge in [-0.3, -0.25) is 9.78 Å². The van der Waals surface area contributed by atoms with Gasteiger partial charge in [0.05, 0.1) is 5.56 Å². The minimum absolute atomic E-state index is 0.0508. The molecule has 1 fully saturated rings. The van der Waals surface area contributed by atoms with E-state index in [9.17, 15) is 13.6 Å². The van der Waals surface area contributed by atoms with E-state index in [4.69, 9.17) is 5.73 Å². The topological polar surface area (TPSA) is 71.2 Å². The lowest BCUT2D eigenvalue weighted by atomic mass is 10.2. The maximum Gasteiger partial charge on any atom is 0.255 e. The Balaban J connectivity index is 1.69. The average molecular weight is 318 g/mol. The van der Waals surface area contributed by atoms with Gasteiger partial charge in [-0.05, 0) is 24.6 Å². The molecule has 5 nitrogen and oxygen atoms in total. The summed E-state index contributed by atoms with van der Waals surface area (Å²) in [6.45, 7) is 0.801. The van der Waals surface area contributed by atoms with Crippen molar-refractivity contribution < 1.29 is 13.6 Å². The van der Waals surface area contributed by atoms with E-state index in [1.165, 1.54) is 30.6 Å². The first kappa shape index (κ1) is 15.2. The fourth-order valence-corrected chi connectivity index (χ4v) is 2.73. The molecule has 0 bridgehead atoms. The monoisotopic (exact) mass is 318 g/mol. The maximum atomic E-state index is 13.8. The third kappa shape index (κ3) is 3.08. The number of nitrogens with one attached hydrogen (secondary N) is 1. The molecular weight excluding hydrogens is 302 g/mol. The molecular formula is C16H16F2N4O. The Morgan fingerprint density at radius 3 is 2.74 bits per heavy atom. The number of hydrogen-bond acceptors (Lipinski definition) is 4. The van der Waals surface area contributed by atoms with Gasteiger partial charge < -0.3 is 16.0 Å². The molecule has 1 amide bonds. The van der Waals surface area contributed by atoms with E-state index >= 15 is 0 Å². The van der Waals surface area contributed by atoms with Crippen molar-refractivity contribution in [3.63, 3.8) is 0 Å². The molecule has 0 aliphatic carbocycles. The number of pyridine rings is 1. The molecule has 3 rings (SSSR count). The van der Waals surface area contributed by atoms with Crippen LogP contribution >= 0.6 is 0 Å². The van der Waals surface area contributed by atoms with Crippen LogP contribution in [0.15, 0.2) is 36.7 Å². The highest BCUT2D eigenvalue weighted by Gasteiger charge is 2.28. The standard InChI is InChI=1S/C16H16F2N4O/c17-12-2-1-3-13(18)15(12)22-7-5-10(9-22)21-16(23)11-8-20-6-4-14(11)19/h1-4,6,8,10H,5,7,9H2,(H2,19,20)(H,21,23). The van der Waals surface area contributed by atoms with Gasteiger partial charge in [-0.25, -0.2) is 8.78 Å². The van der Waals surface area contributed by atoms with Crippen LogP contribution in [0.25, 0.3) is 0 Å². The molecule has 1 atom stereocenters. The molecule has 120 valence electrons.